The minimum absolute atomic E-state index is 0.301. The van der Waals surface area contributed by atoms with Crippen LogP contribution < -0.4 is 5.32 Å². The lowest BCUT2D eigenvalue weighted by Crippen LogP contribution is -2.20. The molecule has 0 bridgehead atoms. The molecule has 0 amide bonds. The van der Waals surface area contributed by atoms with E-state index in [0.29, 0.717) is 27.4 Å². The molecule has 2 aromatic carbocycles. The maximum atomic E-state index is 14.0. The Morgan fingerprint density at radius 3 is 2.60 bits per heavy atom. The number of aromatic nitrogens is 1. The van der Waals surface area contributed by atoms with Crippen LogP contribution in [0.1, 0.15) is 11.6 Å². The number of carboxylic acid groups (broad SMARTS) is 1. The van der Waals surface area contributed by atoms with Crippen molar-refractivity contribution >= 4 is 23.3 Å². The van der Waals surface area contributed by atoms with Gasteiger partial charge in [-0.15, -0.1) is 0 Å². The second kappa shape index (κ2) is 7.32. The van der Waals surface area contributed by atoms with Crippen LogP contribution in [0.2, 0.25) is 5.02 Å². The predicted octanol–water partition coefficient (Wildman–Crippen LogP) is 4.78. The largest absolute Gasteiger partial charge is 0.479 e. The monoisotopic (exact) mass is 356 g/mol. The van der Waals surface area contributed by atoms with Crippen molar-refractivity contribution in [2.75, 3.05) is 5.32 Å². The lowest BCUT2D eigenvalue weighted by molar-refractivity contribution is -0.138. The van der Waals surface area contributed by atoms with E-state index in [2.05, 4.69) is 10.3 Å². The molecule has 1 unspecified atom stereocenters. The second-order valence-electron chi connectivity index (χ2n) is 5.41. The van der Waals surface area contributed by atoms with Crippen LogP contribution in [-0.2, 0) is 4.79 Å². The van der Waals surface area contributed by atoms with Gasteiger partial charge in [-0.1, -0.05) is 41.9 Å². The fourth-order valence-electron chi connectivity index (χ4n) is 2.48. The van der Waals surface area contributed by atoms with Crippen LogP contribution in [0.25, 0.3) is 11.1 Å². The first kappa shape index (κ1) is 16.9. The third kappa shape index (κ3) is 3.95. The van der Waals surface area contributed by atoms with Crippen molar-refractivity contribution in [1.82, 2.24) is 4.98 Å². The van der Waals surface area contributed by atoms with E-state index in [1.54, 1.807) is 30.3 Å². The zero-order valence-corrected chi connectivity index (χ0v) is 13.7. The number of benzene rings is 2. The summed E-state index contributed by atoms with van der Waals surface area (Å²) < 4.78 is 14.0. The molecule has 0 fully saturated rings. The summed E-state index contributed by atoms with van der Waals surface area (Å²) in [5, 5.41) is 12.8. The fourth-order valence-corrected chi connectivity index (χ4v) is 2.66. The van der Waals surface area contributed by atoms with Gasteiger partial charge in [0.05, 0.1) is 11.9 Å². The summed E-state index contributed by atoms with van der Waals surface area (Å²) in [4.78, 5) is 15.7. The molecule has 4 nitrogen and oxygen atoms in total. The highest BCUT2D eigenvalue weighted by molar-refractivity contribution is 6.30. The number of nitrogens with zero attached hydrogens (tertiary/aromatic N) is 1. The van der Waals surface area contributed by atoms with Gasteiger partial charge in [0.2, 0.25) is 0 Å². The molecule has 1 aromatic heterocycles. The summed E-state index contributed by atoms with van der Waals surface area (Å²) in [5.74, 6) is -1.45. The summed E-state index contributed by atoms with van der Waals surface area (Å²) in [5.41, 5.74) is 1.87. The van der Waals surface area contributed by atoms with Crippen molar-refractivity contribution in [3.8, 4) is 11.1 Å². The Bertz CT molecular complexity index is 903. The molecule has 126 valence electrons. The molecular weight excluding hydrogens is 343 g/mol. The lowest BCUT2D eigenvalue weighted by atomic mass is 10.1. The Morgan fingerprint density at radius 1 is 1.12 bits per heavy atom. The molecule has 25 heavy (non-hydrogen) atoms. The molecule has 0 saturated heterocycles. The van der Waals surface area contributed by atoms with E-state index in [1.807, 2.05) is 6.07 Å². The molecule has 0 aliphatic rings. The van der Waals surface area contributed by atoms with Crippen LogP contribution in [0, 0.1) is 5.82 Å². The van der Waals surface area contributed by atoms with Crippen molar-refractivity contribution in [2.45, 2.75) is 6.04 Å². The number of carboxylic acids is 1. The van der Waals surface area contributed by atoms with Crippen LogP contribution in [-0.4, -0.2) is 16.1 Å². The quantitative estimate of drug-likeness (QED) is 0.690. The van der Waals surface area contributed by atoms with Gasteiger partial charge in [-0.3, -0.25) is 4.98 Å². The fraction of sp³-hybridized carbons (Fsp3) is 0.0526. The van der Waals surface area contributed by atoms with Crippen molar-refractivity contribution < 1.29 is 14.3 Å². The van der Waals surface area contributed by atoms with Gasteiger partial charge in [0.25, 0.3) is 0 Å². The van der Waals surface area contributed by atoms with Crippen molar-refractivity contribution in [1.29, 1.82) is 0 Å². The number of pyridine rings is 1. The lowest BCUT2D eigenvalue weighted by Gasteiger charge is -2.16. The highest BCUT2D eigenvalue weighted by atomic mass is 35.5. The van der Waals surface area contributed by atoms with E-state index in [4.69, 9.17) is 11.6 Å². The highest BCUT2D eigenvalue weighted by Crippen LogP contribution is 2.28. The molecule has 6 heteroatoms. The standard InChI is InChI=1S/C19H14ClFN2O2/c20-14-6-7-17(21)16(9-14)13-8-15(11-22-10-13)23-18(19(24)25)12-4-2-1-3-5-12/h1-11,18,23H,(H,24,25). The zero-order chi connectivity index (χ0) is 17.8. The first-order chi connectivity index (χ1) is 12.0. The van der Waals surface area contributed by atoms with Gasteiger partial charge in [-0.2, -0.15) is 0 Å². The van der Waals surface area contributed by atoms with Crippen LogP contribution in [0.3, 0.4) is 0 Å². The zero-order valence-electron chi connectivity index (χ0n) is 13.0. The van der Waals surface area contributed by atoms with Gasteiger partial charge in [-0.25, -0.2) is 9.18 Å². The van der Waals surface area contributed by atoms with Crippen LogP contribution in [0.5, 0.6) is 0 Å². The number of anilines is 1. The first-order valence-corrected chi connectivity index (χ1v) is 7.87. The third-order valence-electron chi connectivity index (χ3n) is 3.67. The number of hydrogen-bond donors (Lipinski definition) is 2. The van der Waals surface area contributed by atoms with Crippen LogP contribution >= 0.6 is 11.6 Å². The Balaban J connectivity index is 1.93. The van der Waals surface area contributed by atoms with Gasteiger partial charge in [0.15, 0.2) is 6.04 Å². The van der Waals surface area contributed by atoms with Gasteiger partial charge in [-0.05, 0) is 29.8 Å². The minimum Gasteiger partial charge on any atom is -0.479 e. The maximum absolute atomic E-state index is 14.0. The molecular formula is C19H14ClFN2O2. The third-order valence-corrected chi connectivity index (χ3v) is 3.90. The van der Waals surface area contributed by atoms with E-state index in [1.165, 1.54) is 30.6 Å². The molecule has 1 heterocycles. The van der Waals surface area contributed by atoms with E-state index in [9.17, 15) is 14.3 Å². The average Bonchev–Trinajstić information content (AvgIpc) is 2.62. The molecule has 3 aromatic rings. The maximum Gasteiger partial charge on any atom is 0.330 e. The summed E-state index contributed by atoms with van der Waals surface area (Å²) >= 11 is 5.93. The van der Waals surface area contributed by atoms with Gasteiger partial charge < -0.3 is 10.4 Å². The number of carbonyl (C=O) groups is 1. The predicted molar refractivity (Wildman–Crippen MR) is 95.1 cm³/mol. The average molecular weight is 357 g/mol. The normalized spacial score (nSPS) is 11.8. The number of aliphatic carboxylic acids is 1. The highest BCUT2D eigenvalue weighted by Gasteiger charge is 2.19. The Hall–Kier alpha value is -2.92. The number of rotatable bonds is 5. The van der Waals surface area contributed by atoms with E-state index >= 15 is 0 Å². The molecule has 0 aliphatic heterocycles. The van der Waals surface area contributed by atoms with E-state index < -0.39 is 17.8 Å². The Kier molecular flexibility index (Phi) is 4.95. The van der Waals surface area contributed by atoms with Gasteiger partial charge in [0, 0.05) is 22.3 Å². The Labute approximate surface area is 148 Å². The van der Waals surface area contributed by atoms with E-state index in [0.717, 1.165) is 0 Å². The van der Waals surface area contributed by atoms with E-state index in [-0.39, 0.29) is 0 Å². The number of nitrogens with one attached hydrogen (secondary N) is 1. The Morgan fingerprint density at radius 2 is 1.88 bits per heavy atom. The van der Waals surface area contributed by atoms with Crippen LogP contribution in [0.15, 0.2) is 67.0 Å². The second-order valence-corrected chi connectivity index (χ2v) is 5.85. The molecule has 1 atom stereocenters. The molecule has 0 spiro atoms. The number of hydrogen-bond acceptors (Lipinski definition) is 3. The molecule has 3 rings (SSSR count). The molecule has 2 N–H and O–H groups in total. The summed E-state index contributed by atoms with van der Waals surface area (Å²) in [6.45, 7) is 0. The molecule has 0 saturated carbocycles. The van der Waals surface area contributed by atoms with Gasteiger partial charge in [0.1, 0.15) is 5.82 Å². The summed E-state index contributed by atoms with van der Waals surface area (Å²) in [6, 6.07) is 13.7. The molecule has 0 aliphatic carbocycles. The first-order valence-electron chi connectivity index (χ1n) is 7.49. The summed E-state index contributed by atoms with van der Waals surface area (Å²) in [6.07, 6.45) is 2.99. The summed E-state index contributed by atoms with van der Waals surface area (Å²) in [7, 11) is 0. The minimum atomic E-state index is -1.02. The molecule has 0 radical (unpaired) electrons. The van der Waals surface area contributed by atoms with Crippen molar-refractivity contribution in [3.05, 3.63) is 83.4 Å². The van der Waals surface area contributed by atoms with Crippen LogP contribution in [0.4, 0.5) is 10.1 Å². The smallest absolute Gasteiger partial charge is 0.330 e. The van der Waals surface area contributed by atoms with Crippen molar-refractivity contribution in [3.63, 3.8) is 0 Å². The SMILES string of the molecule is O=C(O)C(Nc1cncc(-c2cc(Cl)ccc2F)c1)c1ccccc1. The number of halogens is 2. The van der Waals surface area contributed by atoms with Gasteiger partial charge >= 0.3 is 5.97 Å². The van der Waals surface area contributed by atoms with Crippen molar-refractivity contribution in [2.24, 2.45) is 0 Å². The topological polar surface area (TPSA) is 62.2 Å².